The summed E-state index contributed by atoms with van der Waals surface area (Å²) in [5.41, 5.74) is 0.906. The van der Waals surface area contributed by atoms with Gasteiger partial charge in [0.2, 0.25) is 6.41 Å². The fraction of sp³-hybridized carbons (Fsp3) is 0.182. The number of carbonyl (C=O) groups is 1. The van der Waals surface area contributed by atoms with Crippen LogP contribution >= 0.6 is 0 Å². The first-order valence-electron chi connectivity index (χ1n) is 4.54. The van der Waals surface area contributed by atoms with Crippen LogP contribution in [0.5, 0.6) is 5.75 Å². The van der Waals surface area contributed by atoms with Crippen molar-refractivity contribution >= 4 is 17.3 Å². The van der Waals surface area contributed by atoms with E-state index in [4.69, 9.17) is 4.74 Å². The Kier molecular flexibility index (Phi) is 2.23. The number of benzene rings is 1. The highest BCUT2D eigenvalue weighted by Gasteiger charge is 2.00. The van der Waals surface area contributed by atoms with Crippen LogP contribution in [0.1, 0.15) is 6.92 Å². The van der Waals surface area contributed by atoms with Crippen molar-refractivity contribution in [3.63, 3.8) is 0 Å². The molecule has 0 N–H and O–H groups in total. The summed E-state index contributed by atoms with van der Waals surface area (Å²) in [6.07, 6.45) is 2.54. The van der Waals surface area contributed by atoms with Crippen LogP contribution in [0.4, 0.5) is 0 Å². The molecule has 0 unspecified atom stereocenters. The first-order chi connectivity index (χ1) is 6.85. The smallest absolute Gasteiger partial charge is 0.218 e. The van der Waals surface area contributed by atoms with Gasteiger partial charge in [0.05, 0.1) is 12.1 Å². The molecule has 0 aliphatic rings. The summed E-state index contributed by atoms with van der Waals surface area (Å²) >= 11 is 0. The average molecular weight is 189 g/mol. The lowest BCUT2D eigenvalue weighted by atomic mass is 10.2. The zero-order valence-electron chi connectivity index (χ0n) is 7.93. The molecule has 1 heterocycles. The lowest BCUT2D eigenvalue weighted by Gasteiger charge is -2.02. The normalized spacial score (nSPS) is 10.4. The van der Waals surface area contributed by atoms with Gasteiger partial charge in [0, 0.05) is 11.6 Å². The van der Waals surface area contributed by atoms with E-state index in [0.717, 1.165) is 23.1 Å². The summed E-state index contributed by atoms with van der Waals surface area (Å²) in [6.45, 7) is 2.60. The number of fused-ring (bicyclic) bond motifs is 1. The summed E-state index contributed by atoms with van der Waals surface area (Å²) in [6, 6.07) is 7.58. The summed E-state index contributed by atoms with van der Waals surface area (Å²) < 4.78 is 6.91. The van der Waals surface area contributed by atoms with Gasteiger partial charge in [-0.2, -0.15) is 0 Å². The van der Waals surface area contributed by atoms with Gasteiger partial charge in [-0.1, -0.05) is 0 Å². The molecule has 0 spiro atoms. The molecule has 0 radical (unpaired) electrons. The Morgan fingerprint density at radius 2 is 2.29 bits per heavy atom. The molecule has 1 aromatic carbocycles. The lowest BCUT2D eigenvalue weighted by Crippen LogP contribution is -1.92. The third-order valence-electron chi connectivity index (χ3n) is 2.12. The molecule has 1 aromatic heterocycles. The van der Waals surface area contributed by atoms with E-state index in [1.807, 2.05) is 31.2 Å². The second kappa shape index (κ2) is 3.54. The number of ether oxygens (including phenoxy) is 1. The van der Waals surface area contributed by atoms with Crippen molar-refractivity contribution in [3.05, 3.63) is 30.5 Å². The summed E-state index contributed by atoms with van der Waals surface area (Å²) in [4.78, 5) is 10.6. The fourth-order valence-corrected chi connectivity index (χ4v) is 1.49. The molecule has 0 aliphatic heterocycles. The highest BCUT2D eigenvalue weighted by Crippen LogP contribution is 2.21. The maximum atomic E-state index is 10.6. The van der Waals surface area contributed by atoms with Gasteiger partial charge in [0.25, 0.3) is 0 Å². The van der Waals surface area contributed by atoms with Crippen LogP contribution in [0.3, 0.4) is 0 Å². The number of nitrogens with zero attached hydrogens (tertiary/aromatic N) is 1. The van der Waals surface area contributed by atoms with E-state index < -0.39 is 0 Å². The van der Waals surface area contributed by atoms with E-state index in [1.165, 1.54) is 0 Å². The molecule has 3 nitrogen and oxygen atoms in total. The molecule has 0 amide bonds. The molecule has 3 heteroatoms. The SMILES string of the molecule is CCOc1ccc2c(ccn2C=O)c1. The number of hydrogen-bond acceptors (Lipinski definition) is 2. The summed E-state index contributed by atoms with van der Waals surface area (Å²) in [5, 5.41) is 1.02. The van der Waals surface area contributed by atoms with Crippen LogP contribution in [0.2, 0.25) is 0 Å². The predicted octanol–water partition coefficient (Wildman–Crippen LogP) is 2.08. The molecule has 0 bridgehead atoms. The van der Waals surface area contributed by atoms with Crippen molar-refractivity contribution in [2.24, 2.45) is 0 Å². The minimum Gasteiger partial charge on any atom is -0.494 e. The Hall–Kier alpha value is -1.77. The predicted molar refractivity (Wildman–Crippen MR) is 55.3 cm³/mol. The van der Waals surface area contributed by atoms with Gasteiger partial charge in [-0.3, -0.25) is 9.36 Å². The molecule has 0 saturated heterocycles. The van der Waals surface area contributed by atoms with Crippen LogP contribution in [-0.2, 0) is 4.79 Å². The van der Waals surface area contributed by atoms with Gasteiger partial charge < -0.3 is 4.74 Å². The summed E-state index contributed by atoms with van der Waals surface area (Å²) in [7, 11) is 0. The van der Waals surface area contributed by atoms with Crippen LogP contribution in [0.25, 0.3) is 10.9 Å². The van der Waals surface area contributed by atoms with Crippen LogP contribution in [-0.4, -0.2) is 17.6 Å². The van der Waals surface area contributed by atoms with Gasteiger partial charge in [-0.05, 0) is 31.2 Å². The van der Waals surface area contributed by atoms with Crippen molar-refractivity contribution in [2.75, 3.05) is 6.61 Å². The quantitative estimate of drug-likeness (QED) is 0.692. The van der Waals surface area contributed by atoms with E-state index in [0.29, 0.717) is 6.61 Å². The Morgan fingerprint density at radius 1 is 1.43 bits per heavy atom. The van der Waals surface area contributed by atoms with Gasteiger partial charge >= 0.3 is 0 Å². The molecule has 2 aromatic rings. The Morgan fingerprint density at radius 3 is 3.00 bits per heavy atom. The molecular formula is C11H11NO2. The zero-order valence-corrected chi connectivity index (χ0v) is 7.93. The first kappa shape index (κ1) is 8.81. The molecule has 0 aliphatic carbocycles. The zero-order chi connectivity index (χ0) is 9.97. The first-order valence-corrected chi connectivity index (χ1v) is 4.54. The topological polar surface area (TPSA) is 31.2 Å². The maximum absolute atomic E-state index is 10.6. The lowest BCUT2D eigenvalue weighted by molar-refractivity contribution is 0.340. The molecule has 2 rings (SSSR count). The van der Waals surface area contributed by atoms with Crippen molar-refractivity contribution in [2.45, 2.75) is 6.92 Å². The minimum atomic E-state index is 0.653. The molecule has 0 fully saturated rings. The third-order valence-corrected chi connectivity index (χ3v) is 2.12. The molecular weight excluding hydrogens is 178 g/mol. The molecule has 0 atom stereocenters. The Balaban J connectivity index is 2.51. The number of aromatic nitrogens is 1. The second-order valence-electron chi connectivity index (χ2n) is 2.98. The van der Waals surface area contributed by atoms with Crippen LogP contribution in [0, 0.1) is 0 Å². The third kappa shape index (κ3) is 1.37. The Bertz CT molecular complexity index is 459. The monoisotopic (exact) mass is 189 g/mol. The molecule has 0 saturated carbocycles. The number of rotatable bonds is 3. The van der Waals surface area contributed by atoms with Crippen LogP contribution in [0.15, 0.2) is 30.5 Å². The van der Waals surface area contributed by atoms with Crippen molar-refractivity contribution in [3.8, 4) is 5.75 Å². The van der Waals surface area contributed by atoms with E-state index in [9.17, 15) is 4.79 Å². The van der Waals surface area contributed by atoms with E-state index >= 15 is 0 Å². The van der Waals surface area contributed by atoms with Gasteiger partial charge in [0.1, 0.15) is 5.75 Å². The van der Waals surface area contributed by atoms with Crippen molar-refractivity contribution in [1.29, 1.82) is 0 Å². The maximum Gasteiger partial charge on any atom is 0.218 e. The molecule has 72 valence electrons. The summed E-state index contributed by atoms with van der Waals surface area (Å²) in [5.74, 6) is 0.837. The van der Waals surface area contributed by atoms with E-state index in [2.05, 4.69) is 0 Å². The van der Waals surface area contributed by atoms with Crippen molar-refractivity contribution < 1.29 is 9.53 Å². The highest BCUT2D eigenvalue weighted by molar-refractivity contribution is 5.86. The van der Waals surface area contributed by atoms with Gasteiger partial charge in [-0.15, -0.1) is 0 Å². The van der Waals surface area contributed by atoms with Gasteiger partial charge in [0.15, 0.2) is 0 Å². The standard InChI is InChI=1S/C11H11NO2/c1-2-14-10-3-4-11-9(7-10)5-6-12(11)8-13/h3-8H,2H2,1H3. The van der Waals surface area contributed by atoms with E-state index in [1.54, 1.807) is 10.8 Å². The number of carbonyl (C=O) groups excluding carboxylic acids is 1. The molecule has 14 heavy (non-hydrogen) atoms. The fourth-order valence-electron chi connectivity index (χ4n) is 1.49. The average Bonchev–Trinajstić information content (AvgIpc) is 2.60. The highest BCUT2D eigenvalue weighted by atomic mass is 16.5. The Labute approximate surface area is 81.9 Å². The second-order valence-corrected chi connectivity index (χ2v) is 2.98. The van der Waals surface area contributed by atoms with Crippen molar-refractivity contribution in [1.82, 2.24) is 4.57 Å². The minimum absolute atomic E-state index is 0.653. The van der Waals surface area contributed by atoms with Crippen LogP contribution < -0.4 is 4.74 Å². The van der Waals surface area contributed by atoms with E-state index in [-0.39, 0.29) is 0 Å². The van der Waals surface area contributed by atoms with Gasteiger partial charge in [-0.25, -0.2) is 0 Å². The largest absolute Gasteiger partial charge is 0.494 e. The number of hydrogen-bond donors (Lipinski definition) is 0.